The number of aromatic amines is 1. The van der Waals surface area contributed by atoms with Crippen molar-refractivity contribution in [1.82, 2.24) is 10.2 Å². The predicted octanol–water partition coefficient (Wildman–Crippen LogP) is 3.53. The highest BCUT2D eigenvalue weighted by atomic mass is 35.5. The number of benzene rings is 1. The Morgan fingerprint density at radius 2 is 2.20 bits per heavy atom. The molecule has 0 saturated carbocycles. The Kier molecular flexibility index (Phi) is 3.48. The van der Waals surface area contributed by atoms with E-state index in [2.05, 4.69) is 15.5 Å². The molecule has 0 bridgehead atoms. The van der Waals surface area contributed by atoms with E-state index in [1.54, 1.807) is 11.8 Å². The molecule has 2 atom stereocenters. The van der Waals surface area contributed by atoms with E-state index in [-0.39, 0.29) is 16.4 Å². The molecule has 6 heteroatoms. The molecule has 1 aliphatic heterocycles. The van der Waals surface area contributed by atoms with Crippen LogP contribution in [0.1, 0.15) is 29.0 Å². The average molecular weight is 308 g/mol. The first-order valence-corrected chi connectivity index (χ1v) is 7.65. The SMILES string of the molecule is Cc1[nH]nc2c1[C@H](c1cccc(Cl)c1)S[C@H](C)C(=O)N2. The van der Waals surface area contributed by atoms with E-state index in [0.717, 1.165) is 16.8 Å². The van der Waals surface area contributed by atoms with Crippen molar-refractivity contribution in [2.45, 2.75) is 24.3 Å². The fourth-order valence-electron chi connectivity index (χ4n) is 2.32. The number of aromatic nitrogens is 2. The molecule has 4 nitrogen and oxygen atoms in total. The van der Waals surface area contributed by atoms with Crippen molar-refractivity contribution < 1.29 is 4.79 Å². The highest BCUT2D eigenvalue weighted by Crippen LogP contribution is 2.44. The normalized spacial score (nSPS) is 22.1. The van der Waals surface area contributed by atoms with Gasteiger partial charge in [-0.05, 0) is 31.5 Å². The van der Waals surface area contributed by atoms with Crippen LogP contribution in [0.25, 0.3) is 0 Å². The Hall–Kier alpha value is -1.46. The summed E-state index contributed by atoms with van der Waals surface area (Å²) >= 11 is 7.70. The molecule has 2 aromatic rings. The lowest BCUT2D eigenvalue weighted by Gasteiger charge is -2.17. The minimum Gasteiger partial charge on any atom is -0.308 e. The van der Waals surface area contributed by atoms with Crippen LogP contribution in [0.4, 0.5) is 5.82 Å². The van der Waals surface area contributed by atoms with Crippen molar-refractivity contribution in [2.24, 2.45) is 0 Å². The largest absolute Gasteiger partial charge is 0.308 e. The maximum Gasteiger partial charge on any atom is 0.238 e. The molecule has 1 aliphatic rings. The molecule has 0 saturated heterocycles. The van der Waals surface area contributed by atoms with E-state index >= 15 is 0 Å². The van der Waals surface area contributed by atoms with Crippen LogP contribution in [-0.2, 0) is 4.79 Å². The molecule has 0 aliphatic carbocycles. The Morgan fingerprint density at radius 3 is 2.95 bits per heavy atom. The molecule has 2 heterocycles. The van der Waals surface area contributed by atoms with E-state index < -0.39 is 0 Å². The standard InChI is InChI=1S/C14H14ClN3OS/c1-7-11-12(9-4-3-5-10(15)6-9)20-8(2)14(19)16-13(11)18-17-7/h3-6,8,12H,1-2H3,(H2,16,17,18,19)/t8-,12+/m1/s1. The smallest absolute Gasteiger partial charge is 0.238 e. The van der Waals surface area contributed by atoms with Gasteiger partial charge in [0.1, 0.15) is 0 Å². The minimum atomic E-state index is -0.146. The number of nitrogens with zero attached hydrogens (tertiary/aromatic N) is 1. The Balaban J connectivity index is 2.13. The number of carbonyl (C=O) groups excluding carboxylic acids is 1. The maximum atomic E-state index is 12.0. The summed E-state index contributed by atoms with van der Waals surface area (Å²) in [5.41, 5.74) is 3.07. The van der Waals surface area contributed by atoms with Gasteiger partial charge in [-0.1, -0.05) is 23.7 Å². The molecule has 0 unspecified atom stereocenters. The first-order chi connectivity index (χ1) is 9.56. The van der Waals surface area contributed by atoms with Crippen LogP contribution >= 0.6 is 23.4 Å². The summed E-state index contributed by atoms with van der Waals surface area (Å²) in [6, 6.07) is 7.75. The number of halogens is 1. The number of rotatable bonds is 1. The third kappa shape index (κ3) is 2.31. The number of H-pyrrole nitrogens is 1. The fourth-order valence-corrected chi connectivity index (χ4v) is 3.84. The number of hydrogen-bond acceptors (Lipinski definition) is 3. The fraction of sp³-hybridized carbons (Fsp3) is 0.286. The number of carbonyl (C=O) groups is 1. The van der Waals surface area contributed by atoms with E-state index in [0.29, 0.717) is 10.8 Å². The average Bonchev–Trinajstić information content (AvgIpc) is 2.70. The summed E-state index contributed by atoms with van der Waals surface area (Å²) < 4.78 is 0. The Labute approximate surface area is 126 Å². The molecule has 0 fully saturated rings. The van der Waals surface area contributed by atoms with Crippen LogP contribution in [-0.4, -0.2) is 21.4 Å². The van der Waals surface area contributed by atoms with Crippen LogP contribution < -0.4 is 5.32 Å². The molecule has 3 rings (SSSR count). The molecular weight excluding hydrogens is 294 g/mol. The van der Waals surface area contributed by atoms with Gasteiger partial charge >= 0.3 is 0 Å². The highest BCUT2D eigenvalue weighted by molar-refractivity contribution is 8.01. The van der Waals surface area contributed by atoms with Crippen molar-refractivity contribution in [1.29, 1.82) is 0 Å². The second-order valence-corrected chi connectivity index (χ2v) is 6.70. The Bertz CT molecular complexity index is 670. The van der Waals surface area contributed by atoms with Gasteiger partial charge < -0.3 is 5.32 Å². The summed E-state index contributed by atoms with van der Waals surface area (Å²) in [4.78, 5) is 12.0. The van der Waals surface area contributed by atoms with Gasteiger partial charge in [0, 0.05) is 16.3 Å². The van der Waals surface area contributed by atoms with Crippen LogP contribution in [0.3, 0.4) is 0 Å². The van der Waals surface area contributed by atoms with Gasteiger partial charge in [-0.2, -0.15) is 5.10 Å². The number of hydrogen-bond donors (Lipinski definition) is 2. The van der Waals surface area contributed by atoms with Gasteiger partial charge in [-0.15, -0.1) is 11.8 Å². The number of amides is 1. The van der Waals surface area contributed by atoms with Gasteiger partial charge in [0.05, 0.1) is 10.5 Å². The molecule has 2 N–H and O–H groups in total. The van der Waals surface area contributed by atoms with Crippen LogP contribution in [0.5, 0.6) is 0 Å². The number of fused-ring (bicyclic) bond motifs is 1. The molecule has 0 spiro atoms. The molecule has 0 radical (unpaired) electrons. The molecule has 104 valence electrons. The van der Waals surface area contributed by atoms with Gasteiger partial charge in [0.15, 0.2) is 5.82 Å². The summed E-state index contributed by atoms with van der Waals surface area (Å²) in [6.07, 6.45) is 0. The second-order valence-electron chi connectivity index (χ2n) is 4.81. The summed E-state index contributed by atoms with van der Waals surface area (Å²) in [5.74, 6) is 0.599. The molecule has 1 aromatic carbocycles. The van der Waals surface area contributed by atoms with Crippen LogP contribution in [0.15, 0.2) is 24.3 Å². The number of nitrogens with one attached hydrogen (secondary N) is 2. The zero-order valence-electron chi connectivity index (χ0n) is 11.1. The lowest BCUT2D eigenvalue weighted by molar-refractivity contribution is -0.115. The monoisotopic (exact) mass is 307 g/mol. The van der Waals surface area contributed by atoms with Crippen molar-refractivity contribution in [2.75, 3.05) is 5.32 Å². The second kappa shape index (κ2) is 5.14. The molecular formula is C14H14ClN3OS. The summed E-state index contributed by atoms with van der Waals surface area (Å²) in [6.45, 7) is 3.87. The Morgan fingerprint density at radius 1 is 1.40 bits per heavy atom. The van der Waals surface area contributed by atoms with Crippen molar-refractivity contribution in [3.63, 3.8) is 0 Å². The first-order valence-electron chi connectivity index (χ1n) is 6.33. The molecule has 1 aromatic heterocycles. The third-order valence-electron chi connectivity index (χ3n) is 3.36. The lowest BCUT2D eigenvalue weighted by atomic mass is 10.0. The van der Waals surface area contributed by atoms with Gasteiger partial charge in [-0.3, -0.25) is 9.89 Å². The lowest BCUT2D eigenvalue weighted by Crippen LogP contribution is -2.21. The zero-order valence-corrected chi connectivity index (χ0v) is 12.7. The maximum absolute atomic E-state index is 12.0. The van der Waals surface area contributed by atoms with Gasteiger partial charge in [0.25, 0.3) is 0 Å². The van der Waals surface area contributed by atoms with E-state index in [9.17, 15) is 4.79 Å². The van der Waals surface area contributed by atoms with Crippen molar-refractivity contribution in [3.8, 4) is 0 Å². The third-order valence-corrected chi connectivity index (χ3v) is 5.00. The van der Waals surface area contributed by atoms with Crippen molar-refractivity contribution >= 4 is 35.1 Å². The van der Waals surface area contributed by atoms with Crippen molar-refractivity contribution in [3.05, 3.63) is 46.1 Å². The topological polar surface area (TPSA) is 57.8 Å². The zero-order chi connectivity index (χ0) is 14.3. The highest BCUT2D eigenvalue weighted by Gasteiger charge is 2.32. The number of aryl methyl sites for hydroxylation is 1. The number of thioether (sulfide) groups is 1. The number of anilines is 1. The van der Waals surface area contributed by atoms with Crippen LogP contribution in [0, 0.1) is 6.92 Å². The van der Waals surface area contributed by atoms with E-state index in [1.165, 1.54) is 0 Å². The van der Waals surface area contributed by atoms with Gasteiger partial charge in [0.2, 0.25) is 5.91 Å². The summed E-state index contributed by atoms with van der Waals surface area (Å²) in [5, 5.41) is 10.6. The van der Waals surface area contributed by atoms with Crippen LogP contribution in [0.2, 0.25) is 5.02 Å². The predicted molar refractivity (Wildman–Crippen MR) is 82.3 cm³/mol. The quantitative estimate of drug-likeness (QED) is 0.847. The van der Waals surface area contributed by atoms with Gasteiger partial charge in [-0.25, -0.2) is 0 Å². The molecule has 1 amide bonds. The van der Waals surface area contributed by atoms with E-state index in [4.69, 9.17) is 11.6 Å². The van der Waals surface area contributed by atoms with E-state index in [1.807, 2.05) is 38.1 Å². The minimum absolute atomic E-state index is 0.0210. The summed E-state index contributed by atoms with van der Waals surface area (Å²) in [7, 11) is 0. The first kappa shape index (κ1) is 13.5. The molecule has 20 heavy (non-hydrogen) atoms.